The van der Waals surface area contributed by atoms with Crippen molar-refractivity contribution in [3.63, 3.8) is 0 Å². The molecule has 0 aromatic heterocycles. The van der Waals surface area contributed by atoms with Crippen LogP contribution in [0.1, 0.15) is 42.3 Å². The van der Waals surface area contributed by atoms with E-state index >= 15 is 0 Å². The quantitative estimate of drug-likeness (QED) is 0.263. The third-order valence-electron chi connectivity index (χ3n) is 5.26. The summed E-state index contributed by atoms with van der Waals surface area (Å²) < 4.78 is 5.70. The number of hydrogen-bond donors (Lipinski definition) is 4. The van der Waals surface area contributed by atoms with Gasteiger partial charge in [-0.15, -0.1) is 0 Å². The summed E-state index contributed by atoms with van der Waals surface area (Å²) in [5.74, 6) is -1.87. The molecule has 1 aromatic rings. The Morgan fingerprint density at radius 2 is 1.89 bits per heavy atom. The Labute approximate surface area is 167 Å². The van der Waals surface area contributed by atoms with Gasteiger partial charge in [0.05, 0.1) is 11.1 Å². The van der Waals surface area contributed by atoms with Crippen LogP contribution in [0.2, 0.25) is 0 Å². The number of nitrogens with one attached hydrogen (secondary N) is 1. The predicted octanol–water partition coefficient (Wildman–Crippen LogP) is 2.09. The molecule has 0 saturated carbocycles. The highest BCUT2D eigenvalue weighted by molar-refractivity contribution is 7.80. The van der Waals surface area contributed by atoms with E-state index < -0.39 is 28.5 Å². The minimum absolute atomic E-state index is 0.0195. The zero-order chi connectivity index (χ0) is 21.0. The lowest BCUT2D eigenvalue weighted by Crippen LogP contribution is -2.41. The van der Waals surface area contributed by atoms with E-state index in [4.69, 9.17) is 4.74 Å². The van der Waals surface area contributed by atoms with E-state index in [1.165, 1.54) is 26.8 Å². The Kier molecular flexibility index (Phi) is 4.79. The highest BCUT2D eigenvalue weighted by Crippen LogP contribution is 2.57. The number of allylic oxidation sites excluding steroid dienone is 4. The summed E-state index contributed by atoms with van der Waals surface area (Å²) in [6, 6.07) is 0. The van der Waals surface area contributed by atoms with Crippen LogP contribution in [0.3, 0.4) is 0 Å². The Hall–Kier alpha value is -2.74. The monoisotopic (exact) mass is 403 g/mol. The number of thiol groups is 1. The van der Waals surface area contributed by atoms with Crippen molar-refractivity contribution in [1.29, 1.82) is 0 Å². The molecule has 0 saturated heterocycles. The first-order valence-electron chi connectivity index (χ1n) is 8.71. The van der Waals surface area contributed by atoms with E-state index in [1.54, 1.807) is 6.92 Å². The Morgan fingerprint density at radius 3 is 2.46 bits per heavy atom. The van der Waals surface area contributed by atoms with Crippen LogP contribution in [-0.4, -0.2) is 39.9 Å². The van der Waals surface area contributed by atoms with Gasteiger partial charge in [-0.05, 0) is 27.7 Å². The number of aromatic hydroxyl groups is 2. The summed E-state index contributed by atoms with van der Waals surface area (Å²) >= 11 is 4.11. The van der Waals surface area contributed by atoms with Crippen LogP contribution in [0.4, 0.5) is 0 Å². The number of fused-ring (bicyclic) bond motifs is 3. The molecule has 28 heavy (non-hydrogen) atoms. The first kappa shape index (κ1) is 20.0. The second-order valence-corrected chi connectivity index (χ2v) is 7.48. The second kappa shape index (κ2) is 6.70. The van der Waals surface area contributed by atoms with Gasteiger partial charge >= 0.3 is 0 Å². The summed E-state index contributed by atoms with van der Waals surface area (Å²) in [6.45, 7) is 6.31. The maximum absolute atomic E-state index is 13.4. The molecule has 0 spiro atoms. The zero-order valence-electron chi connectivity index (χ0n) is 16.0. The fourth-order valence-corrected chi connectivity index (χ4v) is 3.81. The Bertz CT molecular complexity index is 1010. The van der Waals surface area contributed by atoms with Crippen molar-refractivity contribution in [3.05, 3.63) is 39.8 Å². The van der Waals surface area contributed by atoms with Crippen LogP contribution in [0.25, 0.3) is 0 Å². The van der Waals surface area contributed by atoms with Gasteiger partial charge in [-0.1, -0.05) is 0 Å². The van der Waals surface area contributed by atoms with E-state index in [0.717, 1.165) is 0 Å². The molecule has 1 aromatic carbocycles. The van der Waals surface area contributed by atoms with E-state index in [9.17, 15) is 24.6 Å². The molecule has 0 unspecified atom stereocenters. The van der Waals surface area contributed by atoms with Gasteiger partial charge in [0, 0.05) is 29.6 Å². The van der Waals surface area contributed by atoms with E-state index in [2.05, 4.69) is 17.9 Å². The molecule has 1 aliphatic carbocycles. The van der Waals surface area contributed by atoms with Crippen molar-refractivity contribution in [2.75, 3.05) is 12.3 Å². The number of rotatable bonds is 4. The summed E-state index contributed by atoms with van der Waals surface area (Å²) in [4.78, 5) is 38.1. The number of ketones is 3. The first-order chi connectivity index (χ1) is 13.1. The van der Waals surface area contributed by atoms with Crippen molar-refractivity contribution in [3.8, 4) is 17.2 Å². The van der Waals surface area contributed by atoms with Gasteiger partial charge in [0.1, 0.15) is 34.0 Å². The van der Waals surface area contributed by atoms with Gasteiger partial charge in [-0.25, -0.2) is 0 Å². The minimum atomic E-state index is -1.49. The fraction of sp³-hybridized carbons (Fsp3) is 0.350. The molecule has 0 fully saturated rings. The topological polar surface area (TPSA) is 113 Å². The number of carbonyl (C=O) groups is 3. The molecule has 3 rings (SSSR count). The minimum Gasteiger partial charge on any atom is -0.507 e. The largest absolute Gasteiger partial charge is 0.507 e. The number of phenolic OH excluding ortho intramolecular Hbond substituents is 2. The van der Waals surface area contributed by atoms with Gasteiger partial charge in [-0.3, -0.25) is 14.4 Å². The second-order valence-electron chi connectivity index (χ2n) is 7.04. The van der Waals surface area contributed by atoms with Crippen LogP contribution < -0.4 is 10.1 Å². The normalized spacial score (nSPS) is 22.2. The molecule has 2 aliphatic rings. The third kappa shape index (κ3) is 2.55. The predicted molar refractivity (Wildman–Crippen MR) is 105 cm³/mol. The summed E-state index contributed by atoms with van der Waals surface area (Å²) in [5.41, 5.74) is -1.12. The Morgan fingerprint density at radius 1 is 1.25 bits per heavy atom. The van der Waals surface area contributed by atoms with E-state index in [0.29, 0.717) is 18.0 Å². The maximum Gasteiger partial charge on any atom is 0.194 e. The molecule has 7 nitrogen and oxygen atoms in total. The summed E-state index contributed by atoms with van der Waals surface area (Å²) in [6.07, 6.45) is 1.19. The number of ether oxygens (including phenoxy) is 1. The lowest BCUT2D eigenvalue weighted by molar-refractivity contribution is -0.123. The van der Waals surface area contributed by atoms with Crippen LogP contribution in [0.5, 0.6) is 17.2 Å². The average molecular weight is 403 g/mol. The van der Waals surface area contributed by atoms with Crippen molar-refractivity contribution >= 4 is 30.0 Å². The van der Waals surface area contributed by atoms with Crippen LogP contribution in [0.15, 0.2) is 23.1 Å². The molecule has 3 N–H and O–H groups in total. The fourth-order valence-electron chi connectivity index (χ4n) is 3.69. The number of phenols is 2. The van der Waals surface area contributed by atoms with Crippen molar-refractivity contribution in [2.24, 2.45) is 0 Å². The van der Waals surface area contributed by atoms with Crippen LogP contribution in [0, 0.1) is 6.92 Å². The van der Waals surface area contributed by atoms with Gasteiger partial charge in [0.25, 0.3) is 0 Å². The van der Waals surface area contributed by atoms with Crippen LogP contribution >= 0.6 is 12.6 Å². The smallest absolute Gasteiger partial charge is 0.194 e. The summed E-state index contributed by atoms with van der Waals surface area (Å²) in [7, 11) is 0. The highest BCUT2D eigenvalue weighted by atomic mass is 32.1. The SMILES string of the molecule is CC(=O)c1c(O)c(C)c(O)c2c1OC1=CC(=O)/C(=C(/C)NCCS)C(=O)[C@@]12C. The maximum atomic E-state index is 13.4. The lowest BCUT2D eigenvalue weighted by Gasteiger charge is -2.29. The zero-order valence-corrected chi connectivity index (χ0v) is 16.9. The standard InChI is InChI=1S/C20H21NO6S/c1-8-16(24)14(10(3)22)18-15(17(8)25)20(4)12(27-18)7-11(23)13(19(20)26)9(2)21-5-6-28/h7,21,24-25,28H,5-6H2,1-4H3/b13-9+/t20-/m0/s1. The van der Waals surface area contributed by atoms with Gasteiger partial charge < -0.3 is 20.3 Å². The van der Waals surface area contributed by atoms with Crippen molar-refractivity contribution < 1.29 is 29.3 Å². The van der Waals surface area contributed by atoms with Crippen LogP contribution in [-0.2, 0) is 15.0 Å². The summed E-state index contributed by atoms with van der Waals surface area (Å²) in [5, 5.41) is 24.0. The Balaban J connectivity index is 2.32. The molecular weight excluding hydrogens is 382 g/mol. The van der Waals surface area contributed by atoms with Gasteiger partial charge in [-0.2, -0.15) is 12.6 Å². The van der Waals surface area contributed by atoms with Gasteiger partial charge in [0.15, 0.2) is 17.3 Å². The highest BCUT2D eigenvalue weighted by Gasteiger charge is 2.56. The molecule has 1 heterocycles. The van der Waals surface area contributed by atoms with E-state index in [-0.39, 0.29) is 39.5 Å². The lowest BCUT2D eigenvalue weighted by atomic mass is 9.70. The third-order valence-corrected chi connectivity index (χ3v) is 5.49. The molecule has 0 amide bonds. The van der Waals surface area contributed by atoms with Crippen molar-refractivity contribution in [1.82, 2.24) is 5.32 Å². The molecule has 0 radical (unpaired) electrons. The number of hydrogen-bond acceptors (Lipinski definition) is 8. The molecule has 1 atom stereocenters. The van der Waals surface area contributed by atoms with E-state index in [1.807, 2.05) is 0 Å². The average Bonchev–Trinajstić information content (AvgIpc) is 2.91. The molecule has 0 bridgehead atoms. The molecule has 8 heteroatoms. The number of Topliss-reactive ketones (excluding diaryl/α,β-unsaturated/α-hetero) is 2. The van der Waals surface area contributed by atoms with Gasteiger partial charge in [0.2, 0.25) is 0 Å². The molecular formula is C20H21NO6S. The van der Waals surface area contributed by atoms with Crippen molar-refractivity contribution in [2.45, 2.75) is 33.1 Å². The number of benzene rings is 1. The first-order valence-corrected chi connectivity index (χ1v) is 9.35. The number of carbonyl (C=O) groups excluding carboxylic acids is 3. The molecule has 148 valence electrons. The molecule has 1 aliphatic heterocycles.